The predicted molar refractivity (Wildman–Crippen MR) is 67.8 cm³/mol. The van der Waals surface area contributed by atoms with Crippen molar-refractivity contribution in [3.05, 3.63) is 40.3 Å². The van der Waals surface area contributed by atoms with Crippen LogP contribution >= 0.6 is 0 Å². The zero-order valence-corrected chi connectivity index (χ0v) is 10.3. The first-order chi connectivity index (χ1) is 8.50. The van der Waals surface area contributed by atoms with E-state index < -0.39 is 5.97 Å². The third-order valence-corrected chi connectivity index (χ3v) is 2.61. The van der Waals surface area contributed by atoms with Crippen LogP contribution in [0.4, 0.5) is 0 Å². The van der Waals surface area contributed by atoms with E-state index in [4.69, 9.17) is 5.11 Å². The Kier molecular flexibility index (Phi) is 3.14. The maximum atomic E-state index is 12.1. The largest absolute Gasteiger partial charge is 0.476 e. The van der Waals surface area contributed by atoms with E-state index in [0.29, 0.717) is 17.3 Å². The van der Waals surface area contributed by atoms with Gasteiger partial charge in [-0.3, -0.25) is 4.79 Å². The summed E-state index contributed by atoms with van der Waals surface area (Å²) in [6.45, 7) is 4.30. The van der Waals surface area contributed by atoms with Gasteiger partial charge in [-0.1, -0.05) is 32.0 Å². The van der Waals surface area contributed by atoms with Gasteiger partial charge in [-0.05, 0) is 12.0 Å². The highest BCUT2D eigenvalue weighted by Gasteiger charge is 2.15. The van der Waals surface area contributed by atoms with Gasteiger partial charge in [0.15, 0.2) is 5.69 Å². The lowest BCUT2D eigenvalue weighted by molar-refractivity contribution is 0.0689. The van der Waals surface area contributed by atoms with Gasteiger partial charge in [-0.2, -0.15) is 5.10 Å². The van der Waals surface area contributed by atoms with Crippen LogP contribution in [0.15, 0.2) is 29.1 Å². The summed E-state index contributed by atoms with van der Waals surface area (Å²) < 4.78 is 1.23. The highest BCUT2D eigenvalue weighted by Crippen LogP contribution is 2.13. The molecule has 1 N–H and O–H groups in total. The number of aromatic nitrogens is 2. The molecule has 0 aliphatic rings. The second-order valence-electron chi connectivity index (χ2n) is 4.58. The summed E-state index contributed by atoms with van der Waals surface area (Å²) in [5.74, 6) is -0.901. The van der Waals surface area contributed by atoms with Crippen LogP contribution in [0.2, 0.25) is 0 Å². The SMILES string of the molecule is CC(C)Cn1nc(C(=O)O)c2ccccc2c1=O. The molecular formula is C13H14N2O3. The minimum absolute atomic E-state index is 0.0779. The number of carbonyl (C=O) groups is 1. The normalized spacial score (nSPS) is 11.1. The Morgan fingerprint density at radius 2 is 1.94 bits per heavy atom. The summed E-state index contributed by atoms with van der Waals surface area (Å²) >= 11 is 0. The van der Waals surface area contributed by atoms with Crippen molar-refractivity contribution in [3.8, 4) is 0 Å². The van der Waals surface area contributed by atoms with Gasteiger partial charge >= 0.3 is 5.97 Å². The molecule has 0 aliphatic heterocycles. The van der Waals surface area contributed by atoms with Crippen LogP contribution in [-0.4, -0.2) is 20.9 Å². The molecule has 0 radical (unpaired) electrons. The minimum Gasteiger partial charge on any atom is -0.476 e. The predicted octanol–water partition coefficient (Wildman–Crippen LogP) is 1.75. The molecule has 1 heterocycles. The Morgan fingerprint density at radius 1 is 1.33 bits per heavy atom. The summed E-state index contributed by atoms with van der Waals surface area (Å²) in [4.78, 5) is 23.3. The smallest absolute Gasteiger partial charge is 0.357 e. The zero-order chi connectivity index (χ0) is 13.3. The second kappa shape index (κ2) is 4.60. The molecule has 0 saturated heterocycles. The van der Waals surface area contributed by atoms with Gasteiger partial charge < -0.3 is 5.11 Å². The number of carboxylic acid groups (broad SMARTS) is 1. The number of hydrogen-bond donors (Lipinski definition) is 1. The molecule has 0 saturated carbocycles. The Morgan fingerprint density at radius 3 is 2.50 bits per heavy atom. The summed E-state index contributed by atoms with van der Waals surface area (Å²) in [5, 5.41) is 13.9. The van der Waals surface area contributed by atoms with Crippen molar-refractivity contribution in [2.75, 3.05) is 0 Å². The molecule has 5 nitrogen and oxygen atoms in total. The molecule has 1 aromatic carbocycles. The maximum Gasteiger partial charge on any atom is 0.357 e. The molecule has 94 valence electrons. The summed E-state index contributed by atoms with van der Waals surface area (Å²) in [6.07, 6.45) is 0. The number of rotatable bonds is 3. The van der Waals surface area contributed by atoms with Crippen molar-refractivity contribution in [3.63, 3.8) is 0 Å². The van der Waals surface area contributed by atoms with Crippen LogP contribution in [0.25, 0.3) is 10.8 Å². The van der Waals surface area contributed by atoms with Gasteiger partial charge in [0.05, 0.1) is 5.39 Å². The number of nitrogens with zero attached hydrogens (tertiary/aromatic N) is 2. The second-order valence-corrected chi connectivity index (χ2v) is 4.58. The van der Waals surface area contributed by atoms with Crippen LogP contribution < -0.4 is 5.56 Å². The number of hydrogen-bond acceptors (Lipinski definition) is 3. The third-order valence-electron chi connectivity index (χ3n) is 2.61. The van der Waals surface area contributed by atoms with Crippen molar-refractivity contribution in [1.82, 2.24) is 9.78 Å². The quantitative estimate of drug-likeness (QED) is 0.895. The highest BCUT2D eigenvalue weighted by atomic mass is 16.4. The highest BCUT2D eigenvalue weighted by molar-refractivity contribution is 6.01. The lowest BCUT2D eigenvalue weighted by atomic mass is 10.1. The Balaban J connectivity index is 2.79. The Labute approximate surface area is 104 Å². The maximum absolute atomic E-state index is 12.1. The molecule has 0 bridgehead atoms. The molecule has 0 unspecified atom stereocenters. The van der Waals surface area contributed by atoms with E-state index in [2.05, 4.69) is 5.10 Å². The molecule has 0 spiro atoms. The molecular weight excluding hydrogens is 232 g/mol. The molecule has 18 heavy (non-hydrogen) atoms. The van der Waals surface area contributed by atoms with Crippen LogP contribution in [0.5, 0.6) is 0 Å². The first-order valence-electron chi connectivity index (χ1n) is 5.74. The number of benzene rings is 1. The van der Waals surface area contributed by atoms with Gasteiger partial charge in [0.2, 0.25) is 0 Å². The van der Waals surface area contributed by atoms with E-state index in [0.717, 1.165) is 0 Å². The minimum atomic E-state index is -1.12. The molecule has 0 fully saturated rings. The van der Waals surface area contributed by atoms with E-state index >= 15 is 0 Å². The fourth-order valence-electron chi connectivity index (χ4n) is 1.86. The lowest BCUT2D eigenvalue weighted by Gasteiger charge is -2.10. The summed E-state index contributed by atoms with van der Waals surface area (Å²) in [6, 6.07) is 6.65. The first-order valence-corrected chi connectivity index (χ1v) is 5.74. The third kappa shape index (κ3) is 2.11. The first kappa shape index (κ1) is 12.3. The molecule has 0 aliphatic carbocycles. The van der Waals surface area contributed by atoms with Crippen LogP contribution in [0.1, 0.15) is 24.3 Å². The molecule has 1 aromatic heterocycles. The topological polar surface area (TPSA) is 72.2 Å². The van der Waals surface area contributed by atoms with E-state index in [9.17, 15) is 9.59 Å². The molecule has 0 amide bonds. The van der Waals surface area contributed by atoms with Crippen molar-refractivity contribution < 1.29 is 9.90 Å². The average molecular weight is 246 g/mol. The average Bonchev–Trinajstić information content (AvgIpc) is 2.32. The van der Waals surface area contributed by atoms with E-state index in [1.54, 1.807) is 24.3 Å². The monoisotopic (exact) mass is 246 g/mol. The number of fused-ring (bicyclic) bond motifs is 1. The molecule has 2 aromatic rings. The van der Waals surface area contributed by atoms with Gasteiger partial charge in [0, 0.05) is 11.9 Å². The van der Waals surface area contributed by atoms with Crippen molar-refractivity contribution in [1.29, 1.82) is 0 Å². The van der Waals surface area contributed by atoms with Gasteiger partial charge in [-0.15, -0.1) is 0 Å². The molecule has 0 atom stereocenters. The van der Waals surface area contributed by atoms with Crippen LogP contribution in [0, 0.1) is 5.92 Å². The van der Waals surface area contributed by atoms with E-state index in [1.807, 2.05) is 13.8 Å². The molecule has 5 heteroatoms. The van der Waals surface area contributed by atoms with E-state index in [-0.39, 0.29) is 17.2 Å². The lowest BCUT2D eigenvalue weighted by Crippen LogP contribution is -2.27. The van der Waals surface area contributed by atoms with Crippen molar-refractivity contribution in [2.24, 2.45) is 5.92 Å². The Bertz CT molecular complexity index is 659. The van der Waals surface area contributed by atoms with Crippen molar-refractivity contribution >= 4 is 16.7 Å². The van der Waals surface area contributed by atoms with Gasteiger partial charge in [0.1, 0.15) is 0 Å². The molecule has 2 rings (SSSR count). The number of aromatic carboxylic acids is 1. The van der Waals surface area contributed by atoms with Gasteiger partial charge in [0.25, 0.3) is 5.56 Å². The van der Waals surface area contributed by atoms with E-state index in [1.165, 1.54) is 4.68 Å². The zero-order valence-electron chi connectivity index (χ0n) is 10.3. The fourth-order valence-corrected chi connectivity index (χ4v) is 1.86. The standard InChI is InChI=1S/C13H14N2O3/c1-8(2)7-15-12(16)10-6-4-3-5-9(10)11(14-15)13(17)18/h3-6,8H,7H2,1-2H3,(H,17,18). The van der Waals surface area contributed by atoms with Crippen LogP contribution in [0.3, 0.4) is 0 Å². The number of carboxylic acids is 1. The summed E-state index contributed by atoms with van der Waals surface area (Å²) in [7, 11) is 0. The van der Waals surface area contributed by atoms with Crippen LogP contribution in [-0.2, 0) is 6.54 Å². The fraction of sp³-hybridized carbons (Fsp3) is 0.308. The Hall–Kier alpha value is -2.17. The van der Waals surface area contributed by atoms with Gasteiger partial charge in [-0.25, -0.2) is 9.48 Å². The van der Waals surface area contributed by atoms with Crippen molar-refractivity contribution in [2.45, 2.75) is 20.4 Å². The summed E-state index contributed by atoms with van der Waals surface area (Å²) in [5.41, 5.74) is -0.324.